The maximum atomic E-state index is 6.97. The summed E-state index contributed by atoms with van der Waals surface area (Å²) in [4.78, 5) is 1.36. The molecule has 0 aliphatic carbocycles. The third-order valence-electron chi connectivity index (χ3n) is 5.66. The summed E-state index contributed by atoms with van der Waals surface area (Å²) in [6.07, 6.45) is 6.88. The van der Waals surface area contributed by atoms with Gasteiger partial charge in [-0.2, -0.15) is 0 Å². The van der Waals surface area contributed by atoms with Crippen molar-refractivity contribution in [1.29, 1.82) is 0 Å². The predicted octanol–water partition coefficient (Wildman–Crippen LogP) is 8.27. The minimum atomic E-state index is -1.56. The van der Waals surface area contributed by atoms with Crippen LogP contribution in [0, 0.1) is 0 Å². The van der Waals surface area contributed by atoms with Crippen LogP contribution in [-0.2, 0) is 4.43 Å². The van der Waals surface area contributed by atoms with Crippen LogP contribution in [0.5, 0.6) is 0 Å². The maximum absolute atomic E-state index is 6.97. The Morgan fingerprint density at radius 3 is 2.17 bits per heavy atom. The van der Waals surface area contributed by atoms with Crippen LogP contribution >= 0.6 is 27.3 Å². The molecule has 1 rings (SSSR count). The average molecular weight is 432 g/mol. The number of halogens is 1. The van der Waals surface area contributed by atoms with Crippen molar-refractivity contribution in [2.75, 3.05) is 0 Å². The molecule has 0 saturated heterocycles. The van der Waals surface area contributed by atoms with E-state index in [1.54, 1.807) is 0 Å². The van der Waals surface area contributed by atoms with E-state index in [0.717, 1.165) is 25.7 Å². The SMILES string of the molecule is CCC(CC)(CCC=C(C)c1cc(Br)cs1)O[Si](CC)(CC)CC. The molecular formula is C20H35BrOSSi. The molecule has 0 aliphatic heterocycles. The van der Waals surface area contributed by atoms with Crippen molar-refractivity contribution < 1.29 is 4.43 Å². The lowest BCUT2D eigenvalue weighted by atomic mass is 9.91. The first-order valence-electron chi connectivity index (χ1n) is 9.51. The summed E-state index contributed by atoms with van der Waals surface area (Å²) in [6.45, 7) is 13.8. The van der Waals surface area contributed by atoms with E-state index >= 15 is 0 Å². The van der Waals surface area contributed by atoms with Gasteiger partial charge in [-0.25, -0.2) is 0 Å². The highest BCUT2D eigenvalue weighted by atomic mass is 79.9. The van der Waals surface area contributed by atoms with Gasteiger partial charge in [0.05, 0.1) is 5.60 Å². The Labute approximate surface area is 163 Å². The summed E-state index contributed by atoms with van der Waals surface area (Å²) in [7, 11) is -1.56. The topological polar surface area (TPSA) is 9.23 Å². The quantitative estimate of drug-likeness (QED) is 0.320. The second-order valence-corrected chi connectivity index (χ2v) is 13.3. The van der Waals surface area contributed by atoms with E-state index in [0.29, 0.717) is 0 Å². The lowest BCUT2D eigenvalue weighted by Crippen LogP contribution is -2.46. The van der Waals surface area contributed by atoms with Crippen molar-refractivity contribution >= 4 is 41.2 Å². The van der Waals surface area contributed by atoms with E-state index in [1.807, 2.05) is 11.3 Å². The Kier molecular flexibility index (Phi) is 9.50. The fraction of sp³-hybridized carbons (Fsp3) is 0.700. The van der Waals surface area contributed by atoms with Crippen LogP contribution < -0.4 is 0 Å². The summed E-state index contributed by atoms with van der Waals surface area (Å²) in [6, 6.07) is 5.92. The minimum Gasteiger partial charge on any atom is -0.411 e. The van der Waals surface area contributed by atoms with Gasteiger partial charge in [0.1, 0.15) is 0 Å². The molecule has 0 saturated carbocycles. The summed E-state index contributed by atoms with van der Waals surface area (Å²) in [5.41, 5.74) is 1.46. The molecule has 0 bridgehead atoms. The molecule has 1 heterocycles. The molecule has 4 heteroatoms. The van der Waals surface area contributed by atoms with Gasteiger partial charge in [0, 0.05) is 14.7 Å². The zero-order valence-electron chi connectivity index (χ0n) is 16.4. The smallest absolute Gasteiger partial charge is 0.192 e. The highest BCUT2D eigenvalue weighted by molar-refractivity contribution is 9.10. The Morgan fingerprint density at radius 1 is 1.17 bits per heavy atom. The van der Waals surface area contributed by atoms with Crippen LogP contribution in [0.15, 0.2) is 22.0 Å². The van der Waals surface area contributed by atoms with Gasteiger partial charge in [-0.15, -0.1) is 11.3 Å². The fourth-order valence-corrected chi connectivity index (χ4v) is 8.07. The van der Waals surface area contributed by atoms with Crippen molar-refractivity contribution in [2.45, 2.75) is 91.0 Å². The molecule has 0 spiro atoms. The van der Waals surface area contributed by atoms with Crippen molar-refractivity contribution in [2.24, 2.45) is 0 Å². The normalized spacial score (nSPS) is 13.5. The molecule has 0 unspecified atom stereocenters. The van der Waals surface area contributed by atoms with Crippen LogP contribution in [0.1, 0.15) is 72.1 Å². The number of thiophene rings is 1. The molecule has 1 nitrogen and oxygen atoms in total. The molecule has 1 aromatic rings. The van der Waals surface area contributed by atoms with Gasteiger partial charge in [-0.3, -0.25) is 0 Å². The summed E-state index contributed by atoms with van der Waals surface area (Å²) >= 11 is 5.36. The van der Waals surface area contributed by atoms with Crippen LogP contribution in [0.4, 0.5) is 0 Å². The lowest BCUT2D eigenvalue weighted by molar-refractivity contribution is 0.0397. The number of rotatable bonds is 11. The van der Waals surface area contributed by atoms with E-state index in [-0.39, 0.29) is 5.60 Å². The van der Waals surface area contributed by atoms with E-state index in [2.05, 4.69) is 75.0 Å². The molecule has 138 valence electrons. The molecule has 0 amide bonds. The zero-order valence-corrected chi connectivity index (χ0v) is 19.8. The molecule has 0 radical (unpaired) electrons. The van der Waals surface area contributed by atoms with Crippen molar-refractivity contribution in [1.82, 2.24) is 0 Å². The van der Waals surface area contributed by atoms with Gasteiger partial charge in [0.15, 0.2) is 8.32 Å². The molecular weight excluding hydrogens is 396 g/mol. The van der Waals surface area contributed by atoms with Gasteiger partial charge < -0.3 is 4.43 Å². The molecule has 1 aromatic heterocycles. The Balaban J connectivity index is 2.81. The predicted molar refractivity (Wildman–Crippen MR) is 116 cm³/mol. The first-order valence-corrected chi connectivity index (χ1v) is 13.7. The number of hydrogen-bond acceptors (Lipinski definition) is 2. The zero-order chi connectivity index (χ0) is 18.2. The minimum absolute atomic E-state index is 0.0705. The second-order valence-electron chi connectivity index (χ2n) is 6.79. The maximum Gasteiger partial charge on any atom is 0.192 e. The first-order chi connectivity index (χ1) is 11.4. The van der Waals surface area contributed by atoms with Gasteiger partial charge in [0.2, 0.25) is 0 Å². The Hall–Kier alpha value is 0.0969. The van der Waals surface area contributed by atoms with E-state index < -0.39 is 8.32 Å². The summed E-state index contributed by atoms with van der Waals surface area (Å²) in [5, 5.41) is 2.15. The fourth-order valence-electron chi connectivity index (χ4n) is 3.40. The van der Waals surface area contributed by atoms with Gasteiger partial charge in [-0.1, -0.05) is 40.7 Å². The highest BCUT2D eigenvalue weighted by Crippen LogP contribution is 2.36. The Morgan fingerprint density at radius 2 is 1.75 bits per heavy atom. The molecule has 0 aliphatic rings. The van der Waals surface area contributed by atoms with E-state index in [9.17, 15) is 0 Å². The highest BCUT2D eigenvalue weighted by Gasteiger charge is 2.38. The number of hydrogen-bond donors (Lipinski definition) is 0. The largest absolute Gasteiger partial charge is 0.411 e. The van der Waals surface area contributed by atoms with Crippen LogP contribution in [0.3, 0.4) is 0 Å². The van der Waals surface area contributed by atoms with E-state index in [1.165, 1.54) is 33.1 Å². The summed E-state index contributed by atoms with van der Waals surface area (Å²) < 4.78 is 8.15. The molecule has 0 N–H and O–H groups in total. The van der Waals surface area contributed by atoms with Crippen molar-refractivity contribution in [3.8, 4) is 0 Å². The van der Waals surface area contributed by atoms with Gasteiger partial charge in [0.25, 0.3) is 0 Å². The monoisotopic (exact) mass is 430 g/mol. The first kappa shape index (κ1) is 22.1. The van der Waals surface area contributed by atoms with Gasteiger partial charge in [-0.05, 0) is 78.3 Å². The standard InChI is InChI=1S/C20H35BrOSSi/c1-7-20(8-2,22-24(9-3,10-4)11-5)14-12-13-17(6)19-15-18(21)16-23-19/h13,15-16H,7-12,14H2,1-6H3. The molecule has 0 fully saturated rings. The molecule has 24 heavy (non-hydrogen) atoms. The van der Waals surface area contributed by atoms with Crippen molar-refractivity contribution in [3.63, 3.8) is 0 Å². The van der Waals surface area contributed by atoms with Crippen LogP contribution in [-0.4, -0.2) is 13.9 Å². The van der Waals surface area contributed by atoms with Gasteiger partial charge >= 0.3 is 0 Å². The Bertz CT molecular complexity index is 507. The second kappa shape index (κ2) is 10.3. The van der Waals surface area contributed by atoms with Crippen molar-refractivity contribution in [3.05, 3.63) is 26.9 Å². The number of allylic oxidation sites excluding steroid dienone is 2. The van der Waals surface area contributed by atoms with Crippen LogP contribution in [0.25, 0.3) is 5.57 Å². The third-order valence-corrected chi connectivity index (χ3v) is 12.2. The lowest BCUT2D eigenvalue weighted by Gasteiger charge is -2.42. The molecule has 0 atom stereocenters. The molecule has 0 aromatic carbocycles. The van der Waals surface area contributed by atoms with Crippen LogP contribution in [0.2, 0.25) is 18.1 Å². The van der Waals surface area contributed by atoms with E-state index in [4.69, 9.17) is 4.43 Å². The summed E-state index contributed by atoms with van der Waals surface area (Å²) in [5.74, 6) is 0. The third kappa shape index (κ3) is 5.82. The average Bonchev–Trinajstić information content (AvgIpc) is 3.05.